The zero-order valence-corrected chi connectivity index (χ0v) is 13.1. The zero-order chi connectivity index (χ0) is 16.2. The van der Waals surface area contributed by atoms with Gasteiger partial charge in [-0.25, -0.2) is 0 Å². The number of rotatable bonds is 6. The summed E-state index contributed by atoms with van der Waals surface area (Å²) in [5.41, 5.74) is 1.41. The van der Waals surface area contributed by atoms with Gasteiger partial charge in [-0.2, -0.15) is 5.90 Å². The number of carbonyl (C=O) groups is 1. The Morgan fingerprint density at radius 3 is 2.96 bits per heavy atom. The molecule has 0 radical (unpaired) electrons. The lowest BCUT2D eigenvalue weighted by Crippen LogP contribution is -2.06. The predicted octanol–water partition coefficient (Wildman–Crippen LogP) is 2.60. The summed E-state index contributed by atoms with van der Waals surface area (Å²) < 4.78 is 5.23. The van der Waals surface area contributed by atoms with Gasteiger partial charge in [0.2, 0.25) is 0 Å². The molecule has 3 N–H and O–H groups in total. The Balaban J connectivity index is 1.64. The maximum atomic E-state index is 12.2. The fourth-order valence-electron chi connectivity index (χ4n) is 2.01. The Labute approximate surface area is 136 Å². The second-order valence-electron chi connectivity index (χ2n) is 4.77. The number of hydrogen-bond donors (Lipinski definition) is 2. The van der Waals surface area contributed by atoms with E-state index in [1.165, 1.54) is 11.8 Å². The monoisotopic (exact) mass is 330 g/mol. The molecular weight excluding hydrogens is 316 g/mol. The number of benzene rings is 1. The molecular formula is C15H14N4O3S. The molecule has 0 unspecified atom stereocenters. The second-order valence-corrected chi connectivity index (χ2v) is 5.73. The number of furan rings is 1. The van der Waals surface area contributed by atoms with Crippen molar-refractivity contribution in [2.24, 2.45) is 5.90 Å². The van der Waals surface area contributed by atoms with E-state index in [-0.39, 0.29) is 11.5 Å². The molecule has 0 aliphatic heterocycles. The van der Waals surface area contributed by atoms with E-state index in [0.29, 0.717) is 28.1 Å². The minimum atomic E-state index is -0.0161. The van der Waals surface area contributed by atoms with Gasteiger partial charge in [0.1, 0.15) is 5.75 Å². The number of nitrogens with one attached hydrogen (secondary N) is 1. The average Bonchev–Trinajstić information content (AvgIpc) is 3.23. The number of hydrogen-bond acceptors (Lipinski definition) is 7. The van der Waals surface area contributed by atoms with E-state index in [1.54, 1.807) is 36.6 Å². The number of thioether (sulfide) groups is 1. The third-order valence-electron chi connectivity index (χ3n) is 3.18. The summed E-state index contributed by atoms with van der Waals surface area (Å²) in [5, 5.41) is 8.53. The van der Waals surface area contributed by atoms with Gasteiger partial charge < -0.3 is 14.2 Å². The molecule has 0 aliphatic carbocycles. The fraction of sp³-hybridized carbons (Fsp3) is 0.133. The largest absolute Gasteiger partial charge is 0.461 e. The number of aryl methyl sites for hydroxylation is 1. The molecule has 0 fully saturated rings. The molecule has 0 amide bonds. The molecule has 2 aromatic heterocycles. The predicted molar refractivity (Wildman–Crippen MR) is 85.1 cm³/mol. The smallest absolute Gasteiger partial charge is 0.197 e. The third kappa shape index (κ3) is 3.43. The highest BCUT2D eigenvalue weighted by atomic mass is 32.2. The highest BCUT2D eigenvalue weighted by Crippen LogP contribution is 2.22. The Bertz CT molecular complexity index is 814. The lowest BCUT2D eigenvalue weighted by Gasteiger charge is -2.05. The average molecular weight is 330 g/mol. The van der Waals surface area contributed by atoms with Crippen molar-refractivity contribution in [1.82, 2.24) is 15.2 Å². The van der Waals surface area contributed by atoms with Crippen molar-refractivity contribution in [1.29, 1.82) is 0 Å². The van der Waals surface area contributed by atoms with Gasteiger partial charge in [0.15, 0.2) is 22.5 Å². The second kappa shape index (κ2) is 6.67. The first-order valence-corrected chi connectivity index (χ1v) is 7.76. The van der Waals surface area contributed by atoms with Crippen LogP contribution in [0.4, 0.5) is 0 Å². The Morgan fingerprint density at radius 2 is 2.26 bits per heavy atom. The van der Waals surface area contributed by atoms with E-state index in [1.807, 2.05) is 6.92 Å². The standard InChI is InChI=1S/C15H14N4O3S/c1-9-7-10(4-5-12(9)22-16)11(20)8-23-15-17-14(18-19-15)13-3-2-6-21-13/h2-7H,8,16H2,1H3,(H,17,18,19). The molecule has 3 aromatic rings. The molecule has 8 heteroatoms. The van der Waals surface area contributed by atoms with Crippen molar-refractivity contribution in [2.75, 3.05) is 5.75 Å². The maximum Gasteiger partial charge on any atom is 0.197 e. The molecule has 0 bridgehead atoms. The van der Waals surface area contributed by atoms with E-state index < -0.39 is 0 Å². The van der Waals surface area contributed by atoms with Crippen LogP contribution in [0.5, 0.6) is 5.75 Å². The number of ketones is 1. The SMILES string of the molecule is Cc1cc(C(=O)CSc2nnc(-c3ccco3)[nH]2)ccc1ON. The summed E-state index contributed by atoms with van der Waals surface area (Å²) in [4.78, 5) is 19.9. The van der Waals surface area contributed by atoms with Crippen LogP contribution in [0.15, 0.2) is 46.2 Å². The van der Waals surface area contributed by atoms with Crippen LogP contribution < -0.4 is 10.7 Å². The lowest BCUT2D eigenvalue weighted by atomic mass is 10.1. The minimum absolute atomic E-state index is 0.0161. The molecule has 23 heavy (non-hydrogen) atoms. The first-order valence-electron chi connectivity index (χ1n) is 6.77. The summed E-state index contributed by atoms with van der Waals surface area (Å²) in [6, 6.07) is 8.67. The van der Waals surface area contributed by atoms with E-state index >= 15 is 0 Å². The van der Waals surface area contributed by atoms with E-state index in [2.05, 4.69) is 15.2 Å². The quantitative estimate of drug-likeness (QED) is 0.406. The number of nitrogens with two attached hydrogens (primary N) is 1. The lowest BCUT2D eigenvalue weighted by molar-refractivity contribution is 0.102. The summed E-state index contributed by atoms with van der Waals surface area (Å²) in [7, 11) is 0. The van der Waals surface area contributed by atoms with Gasteiger partial charge in [-0.1, -0.05) is 11.8 Å². The van der Waals surface area contributed by atoms with Gasteiger partial charge >= 0.3 is 0 Å². The number of aromatic nitrogens is 3. The maximum absolute atomic E-state index is 12.2. The first-order chi connectivity index (χ1) is 11.2. The van der Waals surface area contributed by atoms with Gasteiger partial charge in [0, 0.05) is 5.56 Å². The van der Waals surface area contributed by atoms with Crippen molar-refractivity contribution >= 4 is 17.5 Å². The van der Waals surface area contributed by atoms with Crippen LogP contribution in [0.25, 0.3) is 11.6 Å². The molecule has 0 saturated carbocycles. The summed E-state index contributed by atoms with van der Waals surface area (Å²) in [5.74, 6) is 7.05. The molecule has 0 aliphatic rings. The third-order valence-corrected chi connectivity index (χ3v) is 4.05. The first kappa shape index (κ1) is 15.3. The molecule has 7 nitrogen and oxygen atoms in total. The van der Waals surface area contributed by atoms with Crippen LogP contribution in [0, 0.1) is 6.92 Å². The van der Waals surface area contributed by atoms with Crippen molar-refractivity contribution < 1.29 is 14.0 Å². The van der Waals surface area contributed by atoms with Crippen molar-refractivity contribution in [3.05, 3.63) is 47.7 Å². The molecule has 0 saturated heterocycles. The Morgan fingerprint density at radius 1 is 1.39 bits per heavy atom. The van der Waals surface area contributed by atoms with Crippen LogP contribution in [0.3, 0.4) is 0 Å². The minimum Gasteiger partial charge on any atom is -0.461 e. The highest BCUT2D eigenvalue weighted by Gasteiger charge is 2.12. The van der Waals surface area contributed by atoms with E-state index in [0.717, 1.165) is 5.56 Å². The van der Waals surface area contributed by atoms with Crippen LogP contribution in [-0.2, 0) is 0 Å². The van der Waals surface area contributed by atoms with Crippen molar-refractivity contribution in [3.63, 3.8) is 0 Å². The summed E-state index contributed by atoms with van der Waals surface area (Å²) in [6.07, 6.45) is 1.56. The molecule has 2 heterocycles. The number of carbonyl (C=O) groups excluding carboxylic acids is 1. The molecule has 0 spiro atoms. The number of Topliss-reactive ketones (excluding diaryl/α,β-unsaturated/α-hetero) is 1. The number of nitrogens with zero attached hydrogens (tertiary/aromatic N) is 2. The summed E-state index contributed by atoms with van der Waals surface area (Å²) >= 11 is 1.28. The van der Waals surface area contributed by atoms with E-state index in [4.69, 9.17) is 15.2 Å². The van der Waals surface area contributed by atoms with Crippen LogP contribution in [0.2, 0.25) is 0 Å². The zero-order valence-electron chi connectivity index (χ0n) is 12.3. The van der Waals surface area contributed by atoms with Crippen LogP contribution in [0.1, 0.15) is 15.9 Å². The van der Waals surface area contributed by atoms with Crippen molar-refractivity contribution in [2.45, 2.75) is 12.1 Å². The van der Waals surface area contributed by atoms with Crippen LogP contribution >= 0.6 is 11.8 Å². The normalized spacial score (nSPS) is 10.7. The topological polar surface area (TPSA) is 107 Å². The fourth-order valence-corrected chi connectivity index (χ4v) is 2.71. The molecule has 118 valence electrons. The highest BCUT2D eigenvalue weighted by molar-refractivity contribution is 7.99. The van der Waals surface area contributed by atoms with Gasteiger partial charge in [-0.05, 0) is 42.8 Å². The Kier molecular flexibility index (Phi) is 4.45. The van der Waals surface area contributed by atoms with Gasteiger partial charge in [0.05, 0.1) is 12.0 Å². The number of aromatic amines is 1. The number of H-pyrrole nitrogens is 1. The molecule has 0 atom stereocenters. The Hall–Kier alpha value is -2.58. The van der Waals surface area contributed by atoms with Crippen LogP contribution in [-0.4, -0.2) is 26.7 Å². The van der Waals surface area contributed by atoms with E-state index in [9.17, 15) is 4.79 Å². The van der Waals surface area contributed by atoms with Gasteiger partial charge in [-0.3, -0.25) is 4.79 Å². The van der Waals surface area contributed by atoms with Gasteiger partial charge in [-0.15, -0.1) is 10.2 Å². The molecule has 3 rings (SSSR count). The van der Waals surface area contributed by atoms with Gasteiger partial charge in [0.25, 0.3) is 0 Å². The van der Waals surface area contributed by atoms with Crippen molar-refractivity contribution in [3.8, 4) is 17.3 Å². The summed E-state index contributed by atoms with van der Waals surface area (Å²) in [6.45, 7) is 1.83. The molecule has 1 aromatic carbocycles.